The van der Waals surface area contributed by atoms with Gasteiger partial charge in [-0.3, -0.25) is 19.4 Å². The fraction of sp³-hybridized carbons (Fsp3) is 0.333. The molecule has 2 fully saturated rings. The Balaban J connectivity index is 1.41. The molecule has 7 heteroatoms. The van der Waals surface area contributed by atoms with Gasteiger partial charge in [0.2, 0.25) is 5.91 Å². The molecule has 1 aromatic carbocycles. The maximum absolute atomic E-state index is 13.6. The van der Waals surface area contributed by atoms with Crippen LogP contribution < -0.4 is 4.90 Å². The molecule has 1 N–H and O–H groups in total. The van der Waals surface area contributed by atoms with Crippen LogP contribution in [0.3, 0.4) is 0 Å². The molecule has 7 nitrogen and oxygen atoms in total. The third-order valence-corrected chi connectivity index (χ3v) is 7.37. The molecular weight excluding hydrogens is 428 g/mol. The highest BCUT2D eigenvalue weighted by Crippen LogP contribution is 2.57. The number of aromatic amines is 1. The third-order valence-electron chi connectivity index (χ3n) is 7.37. The summed E-state index contributed by atoms with van der Waals surface area (Å²) in [5.41, 5.74) is 3.60. The Morgan fingerprint density at radius 3 is 2.29 bits per heavy atom. The summed E-state index contributed by atoms with van der Waals surface area (Å²) in [4.78, 5) is 50.3. The molecule has 5 rings (SSSR count). The number of hydrogen-bond acceptors (Lipinski definition) is 4. The van der Waals surface area contributed by atoms with E-state index in [2.05, 4.69) is 9.97 Å². The molecule has 1 spiro atoms. The number of para-hydroxylation sites is 1. The summed E-state index contributed by atoms with van der Waals surface area (Å²) in [5.74, 6) is -0.0848. The van der Waals surface area contributed by atoms with Crippen molar-refractivity contribution in [3.8, 4) is 0 Å². The zero-order chi connectivity index (χ0) is 24.0. The smallest absolute Gasteiger partial charge is 0.270 e. The van der Waals surface area contributed by atoms with Crippen molar-refractivity contribution in [2.45, 2.75) is 39.7 Å². The molecule has 2 amide bonds. The molecule has 0 radical (unpaired) electrons. The molecule has 4 heterocycles. The van der Waals surface area contributed by atoms with Gasteiger partial charge in [-0.15, -0.1) is 0 Å². The molecule has 3 aromatic rings. The average molecular weight is 457 g/mol. The Kier molecular flexibility index (Phi) is 5.35. The van der Waals surface area contributed by atoms with Gasteiger partial charge in [-0.05, 0) is 63.4 Å². The molecule has 0 bridgehead atoms. The highest BCUT2D eigenvalue weighted by atomic mass is 16.2. The van der Waals surface area contributed by atoms with Crippen LogP contribution in [0.5, 0.6) is 0 Å². The number of nitrogens with one attached hydrogen (secondary N) is 1. The Bertz CT molecular complexity index is 1260. The number of anilines is 1. The molecule has 0 aliphatic carbocycles. The predicted octanol–water partition coefficient (Wildman–Crippen LogP) is 4.24. The number of pyridine rings is 1. The number of β-lactam (4-membered cyclic amide) rings is 1. The average Bonchev–Trinajstić information content (AvgIpc) is 3.16. The van der Waals surface area contributed by atoms with Crippen LogP contribution in [0.1, 0.15) is 63.6 Å². The molecule has 2 aromatic heterocycles. The summed E-state index contributed by atoms with van der Waals surface area (Å²) in [6.45, 7) is 6.09. The number of Topliss-reactive ketones (excluding diaryl/α,β-unsaturated/α-hetero) is 1. The van der Waals surface area contributed by atoms with Crippen molar-refractivity contribution in [1.82, 2.24) is 14.9 Å². The second kappa shape index (κ2) is 8.24. The number of amides is 2. The van der Waals surface area contributed by atoms with Gasteiger partial charge in [-0.2, -0.15) is 0 Å². The monoisotopic (exact) mass is 456 g/mol. The van der Waals surface area contributed by atoms with E-state index in [1.165, 1.54) is 6.92 Å². The highest BCUT2D eigenvalue weighted by Gasteiger charge is 2.62. The summed E-state index contributed by atoms with van der Waals surface area (Å²) >= 11 is 0. The molecule has 2 aliphatic rings. The lowest BCUT2D eigenvalue weighted by atomic mass is 9.63. The van der Waals surface area contributed by atoms with Crippen molar-refractivity contribution in [1.29, 1.82) is 0 Å². The van der Waals surface area contributed by atoms with Crippen LogP contribution in [0.4, 0.5) is 5.69 Å². The van der Waals surface area contributed by atoms with Gasteiger partial charge < -0.3 is 14.8 Å². The van der Waals surface area contributed by atoms with E-state index in [4.69, 9.17) is 0 Å². The van der Waals surface area contributed by atoms with E-state index in [0.29, 0.717) is 48.4 Å². The third kappa shape index (κ3) is 3.26. The van der Waals surface area contributed by atoms with Gasteiger partial charge in [0.15, 0.2) is 5.78 Å². The van der Waals surface area contributed by atoms with Crippen LogP contribution in [0.25, 0.3) is 0 Å². The summed E-state index contributed by atoms with van der Waals surface area (Å²) in [7, 11) is 0. The Hall–Kier alpha value is -3.74. The first-order chi connectivity index (χ1) is 16.3. The van der Waals surface area contributed by atoms with Crippen molar-refractivity contribution in [3.05, 3.63) is 82.9 Å². The number of carbonyl (C=O) groups is 3. The fourth-order valence-corrected chi connectivity index (χ4v) is 5.71. The predicted molar refractivity (Wildman–Crippen MR) is 129 cm³/mol. The molecule has 34 heavy (non-hydrogen) atoms. The zero-order valence-electron chi connectivity index (χ0n) is 19.7. The maximum atomic E-state index is 13.6. The number of carbonyl (C=O) groups excluding carboxylic acids is 3. The van der Waals surface area contributed by atoms with Crippen LogP contribution in [0.2, 0.25) is 0 Å². The molecule has 174 valence electrons. The summed E-state index contributed by atoms with van der Waals surface area (Å²) in [5, 5.41) is 0. The Morgan fingerprint density at radius 2 is 1.71 bits per heavy atom. The van der Waals surface area contributed by atoms with E-state index in [1.54, 1.807) is 11.1 Å². The normalized spacial score (nSPS) is 19.3. The number of nitrogens with zero attached hydrogens (tertiary/aromatic N) is 3. The Morgan fingerprint density at radius 1 is 1.03 bits per heavy atom. The van der Waals surface area contributed by atoms with E-state index in [-0.39, 0.29) is 23.6 Å². The van der Waals surface area contributed by atoms with E-state index < -0.39 is 5.41 Å². The van der Waals surface area contributed by atoms with Gasteiger partial charge >= 0.3 is 0 Å². The number of hydrogen-bond donors (Lipinski definition) is 1. The van der Waals surface area contributed by atoms with Crippen LogP contribution in [0, 0.1) is 19.3 Å². The van der Waals surface area contributed by atoms with Gasteiger partial charge in [0.25, 0.3) is 5.91 Å². The molecular formula is C27H28N4O3. The van der Waals surface area contributed by atoms with Crippen LogP contribution >= 0.6 is 0 Å². The standard InChI is InChI=1S/C27H28N4O3/c1-17-22(19(3)32)18(2)29-23(17)25(33)30-15-12-27(13-16-30)24(21-11-7-8-14-28-21)31(26(27)34)20-9-5-4-6-10-20/h4-11,14,24,29H,12-13,15-16H2,1-3H3. The first-order valence-electron chi connectivity index (χ1n) is 11.6. The van der Waals surface area contributed by atoms with Crippen LogP contribution in [-0.2, 0) is 4.79 Å². The molecule has 2 saturated heterocycles. The second-order valence-electron chi connectivity index (χ2n) is 9.30. The lowest BCUT2D eigenvalue weighted by Gasteiger charge is -2.58. The summed E-state index contributed by atoms with van der Waals surface area (Å²) in [6.07, 6.45) is 2.90. The van der Waals surface area contributed by atoms with Crippen LogP contribution in [0.15, 0.2) is 54.7 Å². The number of ketones is 1. The number of aromatic nitrogens is 2. The summed E-state index contributed by atoms with van der Waals surface area (Å²) in [6, 6.07) is 15.3. The minimum Gasteiger partial charge on any atom is -0.354 e. The van der Waals surface area contributed by atoms with E-state index in [9.17, 15) is 14.4 Å². The zero-order valence-corrected chi connectivity index (χ0v) is 19.7. The highest BCUT2D eigenvalue weighted by molar-refractivity contribution is 6.06. The van der Waals surface area contributed by atoms with E-state index >= 15 is 0 Å². The van der Waals surface area contributed by atoms with Crippen molar-refractivity contribution in [2.75, 3.05) is 18.0 Å². The Labute approximate surface area is 198 Å². The van der Waals surface area contributed by atoms with Gasteiger partial charge in [-0.25, -0.2) is 0 Å². The summed E-state index contributed by atoms with van der Waals surface area (Å²) < 4.78 is 0. The SMILES string of the molecule is CC(=O)c1c(C)[nH]c(C(=O)N2CCC3(CC2)C(=O)N(c2ccccc2)C3c2ccccn2)c1C. The first-order valence-corrected chi connectivity index (χ1v) is 11.6. The quantitative estimate of drug-likeness (QED) is 0.470. The number of H-pyrrole nitrogens is 1. The van der Waals surface area contributed by atoms with Gasteiger partial charge in [0, 0.05) is 36.2 Å². The van der Waals surface area contributed by atoms with Gasteiger partial charge in [0.1, 0.15) is 5.69 Å². The van der Waals surface area contributed by atoms with E-state index in [1.807, 2.05) is 67.3 Å². The maximum Gasteiger partial charge on any atom is 0.270 e. The van der Waals surface area contributed by atoms with Crippen molar-refractivity contribution >= 4 is 23.3 Å². The molecule has 2 aliphatic heterocycles. The minimum absolute atomic E-state index is 0.0535. The van der Waals surface area contributed by atoms with Crippen molar-refractivity contribution in [3.63, 3.8) is 0 Å². The molecule has 1 atom stereocenters. The van der Waals surface area contributed by atoms with Crippen molar-refractivity contribution in [2.24, 2.45) is 5.41 Å². The molecule has 1 unspecified atom stereocenters. The first kappa shape index (κ1) is 22.1. The largest absolute Gasteiger partial charge is 0.354 e. The topological polar surface area (TPSA) is 86.4 Å². The number of likely N-dealkylation sites (tertiary alicyclic amines) is 1. The number of benzene rings is 1. The minimum atomic E-state index is -0.577. The van der Waals surface area contributed by atoms with Gasteiger partial charge in [0.05, 0.1) is 17.2 Å². The van der Waals surface area contributed by atoms with Crippen LogP contribution in [-0.4, -0.2) is 45.6 Å². The lowest BCUT2D eigenvalue weighted by Crippen LogP contribution is -2.67. The second-order valence-corrected chi connectivity index (χ2v) is 9.30. The van der Waals surface area contributed by atoms with E-state index in [0.717, 1.165) is 11.4 Å². The number of rotatable bonds is 4. The molecule has 0 saturated carbocycles. The van der Waals surface area contributed by atoms with Crippen molar-refractivity contribution < 1.29 is 14.4 Å². The number of aryl methyl sites for hydroxylation is 1. The fourth-order valence-electron chi connectivity index (χ4n) is 5.71. The van der Waals surface area contributed by atoms with Gasteiger partial charge in [-0.1, -0.05) is 24.3 Å². The number of piperidine rings is 1. The lowest BCUT2D eigenvalue weighted by molar-refractivity contribution is -0.144.